The molecule has 4 rings (SSSR count). The largest absolute Gasteiger partial charge is 0.307 e. The molecule has 2 N–H and O–H groups in total. The molecule has 0 aromatic carbocycles. The number of rotatable bonds is 4. The second kappa shape index (κ2) is 6.60. The molecule has 0 bridgehead atoms. The molecular formula is C17H15ClN6O. The van der Waals surface area contributed by atoms with Crippen molar-refractivity contribution in [1.82, 2.24) is 25.1 Å². The van der Waals surface area contributed by atoms with Gasteiger partial charge in [-0.05, 0) is 42.5 Å². The van der Waals surface area contributed by atoms with Crippen molar-refractivity contribution >= 4 is 23.5 Å². The van der Waals surface area contributed by atoms with Gasteiger partial charge in [-0.2, -0.15) is 0 Å². The third kappa shape index (κ3) is 3.36. The summed E-state index contributed by atoms with van der Waals surface area (Å²) in [6.45, 7) is 0. The minimum Gasteiger partial charge on any atom is -0.307 e. The third-order valence-electron chi connectivity index (χ3n) is 4.41. The highest BCUT2D eigenvalue weighted by atomic mass is 35.5. The number of hydrogen-bond acceptors (Lipinski definition) is 5. The zero-order valence-electron chi connectivity index (χ0n) is 13.2. The Labute approximate surface area is 148 Å². The van der Waals surface area contributed by atoms with E-state index in [1.54, 1.807) is 24.7 Å². The maximum atomic E-state index is 12.3. The molecule has 0 spiro atoms. The minimum absolute atomic E-state index is 0.0323. The van der Waals surface area contributed by atoms with Crippen LogP contribution in [0.5, 0.6) is 0 Å². The van der Waals surface area contributed by atoms with E-state index in [0.717, 1.165) is 24.0 Å². The molecule has 1 amide bonds. The first-order chi connectivity index (χ1) is 12.2. The Morgan fingerprint density at radius 1 is 1.16 bits per heavy atom. The Balaban J connectivity index is 1.34. The average Bonchev–Trinajstić information content (AvgIpc) is 3.04. The predicted octanol–water partition coefficient (Wildman–Crippen LogP) is 3.05. The number of hydrogen-bond donors (Lipinski definition) is 2. The van der Waals surface area contributed by atoms with Crippen LogP contribution in [-0.4, -0.2) is 31.1 Å². The van der Waals surface area contributed by atoms with Gasteiger partial charge in [-0.25, -0.2) is 4.98 Å². The second-order valence-corrected chi connectivity index (χ2v) is 6.41. The Bertz CT molecular complexity index is 874. The monoisotopic (exact) mass is 354 g/mol. The highest BCUT2D eigenvalue weighted by Gasteiger charge is 2.35. The molecule has 25 heavy (non-hydrogen) atoms. The summed E-state index contributed by atoms with van der Waals surface area (Å²) in [7, 11) is 0. The van der Waals surface area contributed by atoms with Gasteiger partial charge in [0.25, 0.3) is 0 Å². The molecule has 1 fully saturated rings. The van der Waals surface area contributed by atoms with Gasteiger partial charge in [0.2, 0.25) is 11.9 Å². The van der Waals surface area contributed by atoms with Crippen LogP contribution < -0.4 is 5.32 Å². The van der Waals surface area contributed by atoms with Gasteiger partial charge in [-0.1, -0.05) is 17.7 Å². The Kier molecular flexibility index (Phi) is 4.15. The topological polar surface area (TPSA) is 96.5 Å². The summed E-state index contributed by atoms with van der Waals surface area (Å²) >= 11 is 5.80. The average molecular weight is 355 g/mol. The van der Waals surface area contributed by atoms with E-state index in [2.05, 4.69) is 30.5 Å². The second-order valence-electron chi connectivity index (χ2n) is 6.03. The van der Waals surface area contributed by atoms with Gasteiger partial charge in [0.1, 0.15) is 5.15 Å². The molecule has 0 atom stereocenters. The predicted molar refractivity (Wildman–Crippen MR) is 93.0 cm³/mol. The van der Waals surface area contributed by atoms with Crippen molar-refractivity contribution in [2.75, 3.05) is 5.32 Å². The number of halogens is 1. The number of nitrogens with one attached hydrogen (secondary N) is 2. The molecule has 3 heterocycles. The van der Waals surface area contributed by atoms with Crippen molar-refractivity contribution in [2.45, 2.75) is 18.8 Å². The molecule has 8 heteroatoms. The molecule has 1 aliphatic carbocycles. The summed E-state index contributed by atoms with van der Waals surface area (Å²) in [5.74, 6) is 1.22. The Hall–Kier alpha value is -2.80. The molecule has 3 aromatic rings. The Morgan fingerprint density at radius 3 is 2.68 bits per heavy atom. The van der Waals surface area contributed by atoms with Crippen LogP contribution in [0.1, 0.15) is 24.3 Å². The standard InChI is InChI=1S/C17H15ClN6O/c18-14-2-1-11(9-20-14)12-7-13(8-12)16(25)22-17-21-15(23-24-17)10-3-5-19-6-4-10/h1-6,9,12-13H,7-8H2,(H2,21,22,23,24,25)/t12-,13-. The highest BCUT2D eigenvalue weighted by Crippen LogP contribution is 2.41. The van der Waals surface area contributed by atoms with Crippen LogP contribution in [-0.2, 0) is 4.79 Å². The van der Waals surface area contributed by atoms with Crippen molar-refractivity contribution in [3.05, 3.63) is 53.6 Å². The lowest BCUT2D eigenvalue weighted by Crippen LogP contribution is -2.33. The number of aromatic nitrogens is 5. The molecule has 3 aromatic heterocycles. The van der Waals surface area contributed by atoms with Gasteiger partial charge >= 0.3 is 0 Å². The van der Waals surface area contributed by atoms with Crippen molar-refractivity contribution in [1.29, 1.82) is 0 Å². The van der Waals surface area contributed by atoms with E-state index in [-0.39, 0.29) is 11.8 Å². The number of aromatic amines is 1. The molecular weight excluding hydrogens is 340 g/mol. The number of pyridine rings is 2. The third-order valence-corrected chi connectivity index (χ3v) is 4.64. The van der Waals surface area contributed by atoms with Gasteiger partial charge in [0, 0.05) is 30.1 Å². The quantitative estimate of drug-likeness (QED) is 0.702. The fourth-order valence-corrected chi connectivity index (χ4v) is 3.02. The fraction of sp³-hybridized carbons (Fsp3) is 0.235. The van der Waals surface area contributed by atoms with E-state index in [1.807, 2.05) is 18.2 Å². The zero-order chi connectivity index (χ0) is 17.2. The van der Waals surface area contributed by atoms with Crippen LogP contribution in [0, 0.1) is 5.92 Å². The minimum atomic E-state index is -0.0457. The Morgan fingerprint density at radius 2 is 1.96 bits per heavy atom. The summed E-state index contributed by atoms with van der Waals surface area (Å²) in [6.07, 6.45) is 6.71. The van der Waals surface area contributed by atoms with Gasteiger partial charge in [0.05, 0.1) is 0 Å². The summed E-state index contributed by atoms with van der Waals surface area (Å²) in [5, 5.41) is 11.3. The van der Waals surface area contributed by atoms with Crippen LogP contribution in [0.4, 0.5) is 5.95 Å². The van der Waals surface area contributed by atoms with Gasteiger partial charge < -0.3 is 4.98 Å². The fourth-order valence-electron chi connectivity index (χ4n) is 2.91. The van der Waals surface area contributed by atoms with Gasteiger partial charge in [0.15, 0.2) is 5.82 Å². The molecule has 0 saturated heterocycles. The van der Waals surface area contributed by atoms with E-state index in [0.29, 0.717) is 22.8 Å². The van der Waals surface area contributed by atoms with Crippen LogP contribution in [0.2, 0.25) is 5.15 Å². The van der Waals surface area contributed by atoms with Crippen molar-refractivity contribution in [3.8, 4) is 11.4 Å². The van der Waals surface area contributed by atoms with E-state index in [4.69, 9.17) is 11.6 Å². The first kappa shape index (κ1) is 15.7. The maximum absolute atomic E-state index is 12.3. The molecule has 1 saturated carbocycles. The number of nitrogens with zero attached hydrogens (tertiary/aromatic N) is 4. The van der Waals surface area contributed by atoms with E-state index in [9.17, 15) is 4.79 Å². The first-order valence-electron chi connectivity index (χ1n) is 7.94. The molecule has 0 unspecified atom stereocenters. The number of amides is 1. The molecule has 0 radical (unpaired) electrons. The lowest BCUT2D eigenvalue weighted by Gasteiger charge is -2.34. The van der Waals surface area contributed by atoms with Crippen molar-refractivity contribution in [3.63, 3.8) is 0 Å². The smallest absolute Gasteiger partial charge is 0.229 e. The first-order valence-corrected chi connectivity index (χ1v) is 8.32. The maximum Gasteiger partial charge on any atom is 0.229 e. The van der Waals surface area contributed by atoms with Crippen LogP contribution in [0.25, 0.3) is 11.4 Å². The van der Waals surface area contributed by atoms with Gasteiger partial charge in [-0.15, -0.1) is 10.2 Å². The SMILES string of the molecule is O=C(Nc1nnc(-c2ccncc2)[nH]1)[C@H]1C[C@H](c2ccc(Cl)nc2)C1. The number of carbonyl (C=O) groups excluding carboxylic acids is 1. The molecule has 7 nitrogen and oxygen atoms in total. The van der Waals surface area contributed by atoms with Crippen LogP contribution in [0.15, 0.2) is 42.9 Å². The normalized spacial score (nSPS) is 19.2. The number of anilines is 1. The summed E-state index contributed by atoms with van der Waals surface area (Å²) in [5.41, 5.74) is 1.98. The van der Waals surface area contributed by atoms with Gasteiger partial charge in [-0.3, -0.25) is 15.1 Å². The van der Waals surface area contributed by atoms with E-state index < -0.39 is 0 Å². The number of carbonyl (C=O) groups is 1. The van der Waals surface area contributed by atoms with Crippen molar-refractivity contribution in [2.24, 2.45) is 5.92 Å². The van der Waals surface area contributed by atoms with E-state index in [1.165, 1.54) is 0 Å². The van der Waals surface area contributed by atoms with Crippen LogP contribution >= 0.6 is 11.6 Å². The van der Waals surface area contributed by atoms with Crippen LogP contribution in [0.3, 0.4) is 0 Å². The van der Waals surface area contributed by atoms with Crippen molar-refractivity contribution < 1.29 is 4.79 Å². The highest BCUT2D eigenvalue weighted by molar-refractivity contribution is 6.29. The summed E-state index contributed by atoms with van der Waals surface area (Å²) < 4.78 is 0. The zero-order valence-corrected chi connectivity index (χ0v) is 13.9. The van der Waals surface area contributed by atoms with E-state index >= 15 is 0 Å². The summed E-state index contributed by atoms with van der Waals surface area (Å²) in [6, 6.07) is 7.39. The lowest BCUT2D eigenvalue weighted by molar-refractivity contribution is -0.122. The summed E-state index contributed by atoms with van der Waals surface area (Å²) in [4.78, 5) is 23.4. The lowest BCUT2D eigenvalue weighted by atomic mass is 9.71. The number of H-pyrrole nitrogens is 1. The molecule has 126 valence electrons. The molecule has 0 aliphatic heterocycles. The molecule has 1 aliphatic rings.